The van der Waals surface area contributed by atoms with Gasteiger partial charge in [-0.1, -0.05) is 18.2 Å². The second-order valence-electron chi connectivity index (χ2n) is 8.82. The first kappa shape index (κ1) is 22.5. The molecule has 0 N–H and O–H groups in total. The van der Waals surface area contributed by atoms with Crippen molar-refractivity contribution >= 4 is 21.8 Å². The first-order valence-electron chi connectivity index (χ1n) is 10.2. The number of halogens is 1. The highest BCUT2D eigenvalue weighted by atomic mass is 32.2. The van der Waals surface area contributed by atoms with Crippen LogP contribution in [-0.4, -0.2) is 67.2 Å². The lowest BCUT2D eigenvalue weighted by Crippen LogP contribution is -2.49. The minimum atomic E-state index is -3.62. The minimum absolute atomic E-state index is 0.0325. The maximum Gasteiger partial charge on any atom is 0.410 e. The number of amides is 2. The molecule has 0 bridgehead atoms. The Kier molecular flexibility index (Phi) is 6.40. The normalized spacial score (nSPS) is 24.4. The summed E-state index contributed by atoms with van der Waals surface area (Å²) in [6, 6.07) is 5.20. The SMILES string of the molecule is CC(C)(C)OC(=O)N1CCC[C@H]1C(=O)N1CC[C@@H](c2ccccc2F)S(=O)(=O)CC1. The van der Waals surface area contributed by atoms with E-state index in [2.05, 4.69) is 0 Å². The van der Waals surface area contributed by atoms with Crippen LogP contribution in [0.25, 0.3) is 0 Å². The summed E-state index contributed by atoms with van der Waals surface area (Å²) in [5, 5.41) is -0.984. The quantitative estimate of drug-likeness (QED) is 0.706. The zero-order valence-electron chi connectivity index (χ0n) is 17.6. The maximum absolute atomic E-state index is 14.2. The Balaban J connectivity index is 1.75. The number of nitrogens with zero attached hydrogens (tertiary/aromatic N) is 2. The van der Waals surface area contributed by atoms with E-state index in [0.717, 1.165) is 0 Å². The van der Waals surface area contributed by atoms with Crippen LogP contribution >= 0.6 is 0 Å². The molecule has 0 saturated carbocycles. The van der Waals surface area contributed by atoms with Gasteiger partial charge in [0.15, 0.2) is 9.84 Å². The Morgan fingerprint density at radius 2 is 1.80 bits per heavy atom. The topological polar surface area (TPSA) is 84.0 Å². The number of rotatable bonds is 2. The largest absolute Gasteiger partial charge is 0.444 e. The van der Waals surface area contributed by atoms with E-state index < -0.39 is 38.6 Å². The first-order chi connectivity index (χ1) is 14.0. The lowest BCUT2D eigenvalue weighted by molar-refractivity contribution is -0.135. The molecule has 2 heterocycles. The van der Waals surface area contributed by atoms with Crippen molar-refractivity contribution in [1.82, 2.24) is 9.80 Å². The van der Waals surface area contributed by atoms with Gasteiger partial charge >= 0.3 is 6.09 Å². The molecule has 30 heavy (non-hydrogen) atoms. The highest BCUT2D eigenvalue weighted by molar-refractivity contribution is 7.91. The van der Waals surface area contributed by atoms with Crippen LogP contribution in [0.1, 0.15) is 50.8 Å². The summed E-state index contributed by atoms with van der Waals surface area (Å²) < 4.78 is 45.2. The summed E-state index contributed by atoms with van der Waals surface area (Å²) in [7, 11) is -3.62. The molecule has 0 radical (unpaired) electrons. The van der Waals surface area contributed by atoms with Gasteiger partial charge in [-0.2, -0.15) is 0 Å². The van der Waals surface area contributed by atoms with Crippen LogP contribution in [0.4, 0.5) is 9.18 Å². The predicted octanol–water partition coefficient (Wildman–Crippen LogP) is 2.91. The lowest BCUT2D eigenvalue weighted by Gasteiger charge is -2.31. The van der Waals surface area contributed by atoms with Crippen LogP contribution in [0.3, 0.4) is 0 Å². The van der Waals surface area contributed by atoms with Crippen LogP contribution in [-0.2, 0) is 19.4 Å². The van der Waals surface area contributed by atoms with E-state index in [-0.39, 0.29) is 36.7 Å². The molecular weight excluding hydrogens is 411 g/mol. The van der Waals surface area contributed by atoms with Crippen LogP contribution in [0, 0.1) is 5.82 Å². The van der Waals surface area contributed by atoms with E-state index in [1.165, 1.54) is 28.0 Å². The lowest BCUT2D eigenvalue weighted by atomic mass is 10.1. The molecule has 9 heteroatoms. The zero-order valence-corrected chi connectivity index (χ0v) is 18.5. The number of carbonyl (C=O) groups is 2. The molecule has 2 fully saturated rings. The number of sulfone groups is 1. The molecule has 2 saturated heterocycles. The van der Waals surface area contributed by atoms with Crippen molar-refractivity contribution in [2.24, 2.45) is 0 Å². The van der Waals surface area contributed by atoms with Gasteiger partial charge in [0.05, 0.1) is 11.0 Å². The van der Waals surface area contributed by atoms with Crippen molar-refractivity contribution in [3.63, 3.8) is 0 Å². The maximum atomic E-state index is 14.2. The number of carbonyl (C=O) groups excluding carboxylic acids is 2. The average Bonchev–Trinajstić information content (AvgIpc) is 3.07. The summed E-state index contributed by atoms with van der Waals surface area (Å²) in [6.45, 7) is 5.94. The van der Waals surface area contributed by atoms with Crippen molar-refractivity contribution in [3.05, 3.63) is 35.6 Å². The molecule has 0 spiro atoms. The van der Waals surface area contributed by atoms with Crippen molar-refractivity contribution in [1.29, 1.82) is 0 Å². The molecule has 166 valence electrons. The Labute approximate surface area is 177 Å². The highest BCUT2D eigenvalue weighted by Gasteiger charge is 2.41. The number of hydrogen-bond acceptors (Lipinski definition) is 5. The fourth-order valence-corrected chi connectivity index (χ4v) is 5.82. The van der Waals surface area contributed by atoms with Crippen molar-refractivity contribution in [3.8, 4) is 0 Å². The first-order valence-corrected chi connectivity index (χ1v) is 12.0. The molecule has 7 nitrogen and oxygen atoms in total. The van der Waals surface area contributed by atoms with E-state index in [9.17, 15) is 22.4 Å². The average molecular weight is 441 g/mol. The van der Waals surface area contributed by atoms with Crippen LogP contribution in [0.5, 0.6) is 0 Å². The van der Waals surface area contributed by atoms with Gasteiger partial charge in [0.1, 0.15) is 17.5 Å². The molecule has 1 aromatic rings. The standard InChI is InChI=1S/C21H29FN2O5S/c1-21(2,3)29-20(26)24-11-6-9-17(24)19(25)23-12-10-18(30(27,28)14-13-23)15-7-4-5-8-16(15)22/h4-5,7-8,17-18H,6,9-14H2,1-3H3/t17-,18-/m0/s1. The van der Waals surface area contributed by atoms with Gasteiger partial charge in [-0.05, 0) is 46.1 Å². The molecule has 0 aromatic heterocycles. The van der Waals surface area contributed by atoms with Crippen molar-refractivity contribution in [2.75, 3.05) is 25.4 Å². The fourth-order valence-electron chi connectivity index (χ4n) is 4.02. The fraction of sp³-hybridized carbons (Fsp3) is 0.619. The molecule has 3 rings (SSSR count). The Bertz CT molecular complexity index is 912. The van der Waals surface area contributed by atoms with E-state index in [1.807, 2.05) is 0 Å². The molecular formula is C21H29FN2O5S. The van der Waals surface area contributed by atoms with Gasteiger partial charge < -0.3 is 9.64 Å². The molecule has 2 aliphatic heterocycles. The summed E-state index contributed by atoms with van der Waals surface area (Å²) in [5.41, 5.74) is -0.528. The van der Waals surface area contributed by atoms with Gasteiger partial charge in [-0.3, -0.25) is 9.69 Å². The third kappa shape index (κ3) is 4.94. The molecule has 0 aliphatic carbocycles. The summed E-state index contributed by atoms with van der Waals surface area (Å²) in [4.78, 5) is 28.6. The number of likely N-dealkylation sites (tertiary alicyclic amines) is 1. The van der Waals surface area contributed by atoms with E-state index in [1.54, 1.807) is 26.8 Å². The van der Waals surface area contributed by atoms with E-state index >= 15 is 0 Å². The molecule has 2 aliphatic rings. The van der Waals surface area contributed by atoms with Crippen LogP contribution in [0.2, 0.25) is 0 Å². The highest BCUT2D eigenvalue weighted by Crippen LogP contribution is 2.32. The second-order valence-corrected chi connectivity index (χ2v) is 11.1. The third-order valence-electron chi connectivity index (χ3n) is 5.47. The summed E-state index contributed by atoms with van der Waals surface area (Å²) >= 11 is 0. The second kappa shape index (κ2) is 8.53. The van der Waals surface area contributed by atoms with Gasteiger partial charge in [0.25, 0.3) is 0 Å². The summed E-state index contributed by atoms with van der Waals surface area (Å²) in [6.07, 6.45) is 0.774. The Hall–Kier alpha value is -2.16. The Morgan fingerprint density at radius 3 is 2.47 bits per heavy atom. The van der Waals surface area contributed by atoms with Gasteiger partial charge in [-0.25, -0.2) is 17.6 Å². The van der Waals surface area contributed by atoms with E-state index in [4.69, 9.17) is 4.74 Å². The molecule has 2 amide bonds. The Morgan fingerprint density at radius 1 is 1.10 bits per heavy atom. The zero-order chi connectivity index (χ0) is 22.1. The molecule has 0 unspecified atom stereocenters. The smallest absolute Gasteiger partial charge is 0.410 e. The van der Waals surface area contributed by atoms with Crippen LogP contribution < -0.4 is 0 Å². The van der Waals surface area contributed by atoms with Gasteiger partial charge in [0.2, 0.25) is 5.91 Å². The number of benzene rings is 1. The van der Waals surface area contributed by atoms with Crippen molar-refractivity contribution in [2.45, 2.75) is 56.9 Å². The van der Waals surface area contributed by atoms with Crippen LogP contribution in [0.15, 0.2) is 24.3 Å². The molecule has 1 aromatic carbocycles. The van der Waals surface area contributed by atoms with Gasteiger partial charge in [-0.15, -0.1) is 0 Å². The predicted molar refractivity (Wildman–Crippen MR) is 110 cm³/mol. The van der Waals surface area contributed by atoms with E-state index in [0.29, 0.717) is 19.4 Å². The monoisotopic (exact) mass is 440 g/mol. The summed E-state index contributed by atoms with van der Waals surface area (Å²) in [5.74, 6) is -1.07. The minimum Gasteiger partial charge on any atom is -0.444 e. The van der Waals surface area contributed by atoms with Gasteiger partial charge in [0, 0.05) is 25.2 Å². The van der Waals surface area contributed by atoms with Crippen molar-refractivity contribution < 1.29 is 27.1 Å². The number of hydrogen-bond donors (Lipinski definition) is 0. The molecule has 2 atom stereocenters. The third-order valence-corrected chi connectivity index (χ3v) is 7.58. The number of ether oxygens (including phenoxy) is 1.